The summed E-state index contributed by atoms with van der Waals surface area (Å²) < 4.78 is 1.85. The van der Waals surface area contributed by atoms with E-state index in [2.05, 4.69) is 25.8 Å². The molecule has 0 saturated carbocycles. The number of imide groups is 1. The van der Waals surface area contributed by atoms with Crippen LogP contribution in [0.5, 0.6) is 0 Å². The van der Waals surface area contributed by atoms with E-state index in [1.165, 1.54) is 11.8 Å². The van der Waals surface area contributed by atoms with Crippen LogP contribution in [0, 0.1) is 13.8 Å². The molecule has 9 heteroatoms. The van der Waals surface area contributed by atoms with Crippen LogP contribution < -0.4 is 10.6 Å². The van der Waals surface area contributed by atoms with Gasteiger partial charge in [0.05, 0.1) is 16.8 Å². The third-order valence-electron chi connectivity index (χ3n) is 4.22. The number of thioether (sulfide) groups is 1. The van der Waals surface area contributed by atoms with Crippen molar-refractivity contribution in [3.05, 3.63) is 53.6 Å². The number of rotatable bonds is 4. The van der Waals surface area contributed by atoms with Crippen molar-refractivity contribution in [1.29, 1.82) is 0 Å². The molecule has 0 unspecified atom stereocenters. The van der Waals surface area contributed by atoms with Crippen LogP contribution in [0.4, 0.5) is 10.5 Å². The van der Waals surface area contributed by atoms with Gasteiger partial charge in [-0.1, -0.05) is 41.6 Å². The van der Waals surface area contributed by atoms with E-state index in [1.54, 1.807) is 0 Å². The van der Waals surface area contributed by atoms with Crippen molar-refractivity contribution in [1.82, 2.24) is 24.9 Å². The fourth-order valence-corrected chi connectivity index (χ4v) is 3.70. The highest BCUT2D eigenvalue weighted by atomic mass is 32.2. The van der Waals surface area contributed by atoms with E-state index in [1.807, 2.05) is 60.7 Å². The lowest BCUT2D eigenvalue weighted by Crippen LogP contribution is -2.35. The Morgan fingerprint density at radius 1 is 1.18 bits per heavy atom. The number of nitrogens with zero attached hydrogens (tertiary/aromatic N) is 3. The van der Waals surface area contributed by atoms with Crippen LogP contribution in [0.25, 0.3) is 16.8 Å². The van der Waals surface area contributed by atoms with Crippen LogP contribution in [0.15, 0.2) is 47.6 Å². The van der Waals surface area contributed by atoms with Crippen LogP contribution in [0.2, 0.25) is 0 Å². The molecule has 0 aliphatic rings. The molecule has 2 aromatic carbocycles. The Morgan fingerprint density at radius 2 is 2.00 bits per heavy atom. The minimum absolute atomic E-state index is 0.0484. The van der Waals surface area contributed by atoms with Crippen molar-refractivity contribution >= 4 is 46.2 Å². The van der Waals surface area contributed by atoms with Crippen molar-refractivity contribution in [3.8, 4) is 0 Å². The van der Waals surface area contributed by atoms with Crippen molar-refractivity contribution in [3.63, 3.8) is 0 Å². The van der Waals surface area contributed by atoms with E-state index in [9.17, 15) is 9.59 Å². The predicted molar refractivity (Wildman–Crippen MR) is 109 cm³/mol. The molecular weight excluding hydrogens is 376 g/mol. The van der Waals surface area contributed by atoms with Crippen LogP contribution in [-0.2, 0) is 4.79 Å². The van der Waals surface area contributed by atoms with Crippen LogP contribution in [-0.4, -0.2) is 37.3 Å². The zero-order valence-electron chi connectivity index (χ0n) is 15.3. The Labute approximate surface area is 164 Å². The second-order valence-electron chi connectivity index (χ2n) is 6.38. The summed E-state index contributed by atoms with van der Waals surface area (Å²) in [4.78, 5) is 28.7. The molecule has 0 aliphatic heterocycles. The Balaban J connectivity index is 1.39. The molecule has 0 fully saturated rings. The number of hydrogen-bond acceptors (Lipinski definition) is 5. The molecule has 3 amide bonds. The van der Waals surface area contributed by atoms with Gasteiger partial charge in [-0.05, 0) is 37.6 Å². The van der Waals surface area contributed by atoms with Gasteiger partial charge in [0.25, 0.3) is 0 Å². The van der Waals surface area contributed by atoms with Crippen molar-refractivity contribution in [2.45, 2.75) is 19.0 Å². The average Bonchev–Trinajstić information content (AvgIpc) is 3.21. The number of aryl methyl sites for hydroxylation is 2. The monoisotopic (exact) mass is 394 g/mol. The molecule has 0 atom stereocenters. The Bertz CT molecular complexity index is 1200. The Morgan fingerprint density at radius 3 is 2.82 bits per heavy atom. The Hall–Kier alpha value is -3.33. The standard InChI is InChI=1S/C19H18N6O2S/c1-11-7-8-13(12(2)9-11)21-18(27)22-16(26)10-28-19-24-23-17-20-14-5-3-4-6-15(14)25(17)19/h3-9H,10H2,1-2H3,(H,20,23)(H2,21,22,26,27). The first-order chi connectivity index (χ1) is 13.5. The van der Waals surface area contributed by atoms with E-state index in [0.717, 1.165) is 22.2 Å². The van der Waals surface area contributed by atoms with Gasteiger partial charge in [0, 0.05) is 5.69 Å². The molecule has 3 N–H and O–H groups in total. The number of fused-ring (bicyclic) bond motifs is 3. The minimum atomic E-state index is -0.558. The molecule has 0 spiro atoms. The first-order valence-electron chi connectivity index (χ1n) is 8.64. The van der Waals surface area contributed by atoms with Gasteiger partial charge in [0.1, 0.15) is 0 Å². The van der Waals surface area contributed by atoms with E-state index in [-0.39, 0.29) is 5.75 Å². The SMILES string of the molecule is Cc1ccc(NC(=O)NC(=O)CSc2n[nH]c3nc4ccccc4n23)c(C)c1. The maximum absolute atomic E-state index is 12.2. The van der Waals surface area contributed by atoms with Crippen LogP contribution in [0.3, 0.4) is 0 Å². The number of para-hydroxylation sites is 2. The predicted octanol–water partition coefficient (Wildman–Crippen LogP) is 3.27. The average molecular weight is 394 g/mol. The summed E-state index contributed by atoms with van der Waals surface area (Å²) in [6.07, 6.45) is 0. The number of urea groups is 1. The lowest BCUT2D eigenvalue weighted by atomic mass is 10.1. The molecule has 2 aromatic heterocycles. The molecule has 28 heavy (non-hydrogen) atoms. The number of imidazole rings is 1. The molecule has 4 aromatic rings. The minimum Gasteiger partial charge on any atom is -0.307 e. The van der Waals surface area contributed by atoms with Gasteiger partial charge < -0.3 is 5.32 Å². The van der Waals surface area contributed by atoms with Crippen molar-refractivity contribution < 1.29 is 9.59 Å². The summed E-state index contributed by atoms with van der Waals surface area (Å²) >= 11 is 1.23. The second kappa shape index (κ2) is 7.35. The fourth-order valence-electron chi connectivity index (χ4n) is 2.94. The van der Waals surface area contributed by atoms with E-state index < -0.39 is 11.9 Å². The van der Waals surface area contributed by atoms with Gasteiger partial charge in [0.15, 0.2) is 5.16 Å². The lowest BCUT2D eigenvalue weighted by Gasteiger charge is -2.09. The number of aromatic nitrogens is 4. The summed E-state index contributed by atoms with van der Waals surface area (Å²) in [5.41, 5.74) is 4.45. The van der Waals surface area contributed by atoms with Crippen molar-refractivity contribution in [2.24, 2.45) is 0 Å². The molecular formula is C19H18N6O2S. The maximum Gasteiger partial charge on any atom is 0.325 e. The number of amides is 3. The molecule has 8 nitrogen and oxygen atoms in total. The normalized spacial score (nSPS) is 11.1. The zero-order valence-corrected chi connectivity index (χ0v) is 16.1. The van der Waals surface area contributed by atoms with Gasteiger partial charge in [-0.3, -0.25) is 14.5 Å². The first kappa shape index (κ1) is 18.1. The van der Waals surface area contributed by atoms with E-state index in [0.29, 0.717) is 16.6 Å². The number of carbonyl (C=O) groups is 2. The maximum atomic E-state index is 12.2. The lowest BCUT2D eigenvalue weighted by molar-refractivity contribution is -0.117. The summed E-state index contributed by atoms with van der Waals surface area (Å²) in [7, 11) is 0. The van der Waals surface area contributed by atoms with E-state index in [4.69, 9.17) is 0 Å². The highest BCUT2D eigenvalue weighted by Gasteiger charge is 2.15. The smallest absolute Gasteiger partial charge is 0.307 e. The molecule has 0 aliphatic carbocycles. The highest BCUT2D eigenvalue weighted by molar-refractivity contribution is 7.99. The van der Waals surface area contributed by atoms with E-state index >= 15 is 0 Å². The topological polar surface area (TPSA) is 104 Å². The van der Waals surface area contributed by atoms with Gasteiger partial charge in [0.2, 0.25) is 11.7 Å². The summed E-state index contributed by atoms with van der Waals surface area (Å²) in [5, 5.41) is 12.7. The molecule has 0 saturated heterocycles. The third-order valence-corrected chi connectivity index (χ3v) is 5.16. The molecule has 0 bridgehead atoms. The quantitative estimate of drug-likeness (QED) is 0.461. The molecule has 0 radical (unpaired) electrons. The zero-order chi connectivity index (χ0) is 19.7. The number of benzene rings is 2. The molecule has 142 valence electrons. The summed E-state index contributed by atoms with van der Waals surface area (Å²) in [6, 6.07) is 12.8. The third kappa shape index (κ3) is 3.56. The largest absolute Gasteiger partial charge is 0.325 e. The summed E-state index contributed by atoms with van der Waals surface area (Å²) in [6.45, 7) is 3.88. The van der Waals surface area contributed by atoms with Gasteiger partial charge in [-0.2, -0.15) is 0 Å². The molecule has 4 rings (SSSR count). The second-order valence-corrected chi connectivity index (χ2v) is 7.32. The van der Waals surface area contributed by atoms with Crippen molar-refractivity contribution in [2.75, 3.05) is 11.1 Å². The number of anilines is 1. The number of hydrogen-bond donors (Lipinski definition) is 3. The van der Waals surface area contributed by atoms with Crippen LogP contribution >= 0.6 is 11.8 Å². The van der Waals surface area contributed by atoms with Gasteiger partial charge in [-0.25, -0.2) is 14.9 Å². The summed E-state index contributed by atoms with van der Waals surface area (Å²) in [5.74, 6) is 0.247. The number of aromatic amines is 1. The number of H-pyrrole nitrogens is 1. The number of nitrogens with one attached hydrogen (secondary N) is 3. The van der Waals surface area contributed by atoms with Gasteiger partial charge >= 0.3 is 6.03 Å². The van der Waals surface area contributed by atoms with Gasteiger partial charge in [-0.15, -0.1) is 5.10 Å². The van der Waals surface area contributed by atoms with Crippen LogP contribution in [0.1, 0.15) is 11.1 Å². The first-order valence-corrected chi connectivity index (χ1v) is 9.62. The Kier molecular flexibility index (Phi) is 4.74. The molecule has 2 heterocycles. The fraction of sp³-hybridized carbons (Fsp3) is 0.158. The number of carbonyl (C=O) groups excluding carboxylic acids is 2. The highest BCUT2D eigenvalue weighted by Crippen LogP contribution is 2.22.